The highest BCUT2D eigenvalue weighted by Gasteiger charge is 2.30. The Kier molecular flexibility index (Phi) is 3.13. The van der Waals surface area contributed by atoms with Gasteiger partial charge in [-0.1, -0.05) is 0 Å². The fraction of sp³-hybridized carbons (Fsp3) is 0.133. The molecule has 6 heteroatoms. The summed E-state index contributed by atoms with van der Waals surface area (Å²) in [5.74, 6) is 0.180. The van der Waals surface area contributed by atoms with Crippen molar-refractivity contribution in [1.29, 1.82) is 0 Å². The molecule has 2 aromatic carbocycles. The van der Waals surface area contributed by atoms with Gasteiger partial charge in [-0.3, -0.25) is 0 Å². The fourth-order valence-electron chi connectivity index (χ4n) is 2.02. The smallest absolute Gasteiger partial charge is 0.416 e. The third-order valence-corrected chi connectivity index (χ3v) is 4.24. The Hall–Kier alpha value is -2.08. The minimum Gasteiger partial charge on any atom is -0.508 e. The van der Waals surface area contributed by atoms with E-state index in [1.165, 1.54) is 17.4 Å². The van der Waals surface area contributed by atoms with Gasteiger partial charge >= 0.3 is 6.18 Å². The summed E-state index contributed by atoms with van der Waals surface area (Å²) in [7, 11) is 0. The molecule has 0 aliphatic rings. The minimum atomic E-state index is -4.37. The molecule has 3 rings (SSSR count). The monoisotopic (exact) mass is 309 g/mol. The van der Waals surface area contributed by atoms with E-state index in [1.807, 2.05) is 0 Å². The van der Waals surface area contributed by atoms with E-state index in [1.54, 1.807) is 25.1 Å². The summed E-state index contributed by atoms with van der Waals surface area (Å²) in [6.07, 6.45) is -4.37. The van der Waals surface area contributed by atoms with Crippen LogP contribution in [0, 0.1) is 6.92 Å². The summed E-state index contributed by atoms with van der Waals surface area (Å²) in [6.45, 7) is 1.76. The quantitative estimate of drug-likeness (QED) is 0.686. The van der Waals surface area contributed by atoms with Gasteiger partial charge in [0.1, 0.15) is 10.8 Å². The van der Waals surface area contributed by atoms with Crippen LogP contribution in [-0.4, -0.2) is 10.1 Å². The normalized spacial score (nSPS) is 12.0. The summed E-state index contributed by atoms with van der Waals surface area (Å²) in [5.41, 5.74) is 1.10. The minimum absolute atomic E-state index is 0.180. The van der Waals surface area contributed by atoms with Gasteiger partial charge in [0.15, 0.2) is 0 Å². The van der Waals surface area contributed by atoms with E-state index in [9.17, 15) is 18.3 Å². The summed E-state index contributed by atoms with van der Waals surface area (Å²) in [5, 5.41) is 10.1. The second kappa shape index (κ2) is 4.73. The summed E-state index contributed by atoms with van der Waals surface area (Å²) >= 11 is 1.32. The first-order valence-corrected chi connectivity index (χ1v) is 6.94. The third-order valence-electron chi connectivity index (χ3n) is 3.16. The predicted octanol–water partition coefficient (Wildman–Crippen LogP) is 5.00. The van der Waals surface area contributed by atoms with Gasteiger partial charge in [-0.05, 0) is 48.9 Å². The van der Waals surface area contributed by atoms with E-state index in [2.05, 4.69) is 4.98 Å². The molecule has 0 unspecified atom stereocenters. The molecule has 0 fully saturated rings. The summed E-state index contributed by atoms with van der Waals surface area (Å²) in [6, 6.07) is 8.57. The highest BCUT2D eigenvalue weighted by Crippen LogP contribution is 2.36. The number of thiazole rings is 1. The van der Waals surface area contributed by atoms with E-state index < -0.39 is 11.7 Å². The van der Waals surface area contributed by atoms with Crippen molar-refractivity contribution in [2.24, 2.45) is 0 Å². The van der Waals surface area contributed by atoms with Crippen LogP contribution in [0.25, 0.3) is 20.8 Å². The number of rotatable bonds is 1. The van der Waals surface area contributed by atoms with Gasteiger partial charge in [-0.25, -0.2) is 4.98 Å². The van der Waals surface area contributed by atoms with Gasteiger partial charge < -0.3 is 5.11 Å². The number of aryl methyl sites for hydroxylation is 1. The zero-order chi connectivity index (χ0) is 15.2. The predicted molar refractivity (Wildman–Crippen MR) is 76.5 cm³/mol. The van der Waals surface area contributed by atoms with Crippen LogP contribution in [0.3, 0.4) is 0 Å². The van der Waals surface area contributed by atoms with Gasteiger partial charge in [-0.2, -0.15) is 13.2 Å². The highest BCUT2D eigenvalue weighted by molar-refractivity contribution is 7.21. The van der Waals surface area contributed by atoms with Gasteiger partial charge in [-0.15, -0.1) is 11.3 Å². The maximum atomic E-state index is 12.7. The van der Waals surface area contributed by atoms with Crippen LogP contribution in [0.1, 0.15) is 11.1 Å². The molecule has 0 atom stereocenters. The van der Waals surface area contributed by atoms with Gasteiger partial charge in [0.25, 0.3) is 0 Å². The number of fused-ring (bicyclic) bond motifs is 1. The van der Waals surface area contributed by atoms with Crippen molar-refractivity contribution in [3.05, 3.63) is 47.5 Å². The lowest BCUT2D eigenvalue weighted by molar-refractivity contribution is -0.137. The number of hydrogen-bond donors (Lipinski definition) is 1. The maximum absolute atomic E-state index is 12.7. The lowest BCUT2D eigenvalue weighted by Crippen LogP contribution is -2.03. The molecule has 0 radical (unpaired) electrons. The van der Waals surface area contributed by atoms with Crippen molar-refractivity contribution >= 4 is 21.6 Å². The summed E-state index contributed by atoms with van der Waals surface area (Å²) in [4.78, 5) is 4.26. The molecule has 108 valence electrons. The lowest BCUT2D eigenvalue weighted by atomic mass is 10.1. The number of benzene rings is 2. The van der Waals surface area contributed by atoms with Crippen molar-refractivity contribution in [3.8, 4) is 16.3 Å². The number of phenols is 1. The first-order valence-electron chi connectivity index (χ1n) is 6.12. The second-order valence-electron chi connectivity index (χ2n) is 4.70. The van der Waals surface area contributed by atoms with Gasteiger partial charge in [0.2, 0.25) is 0 Å². The van der Waals surface area contributed by atoms with Crippen molar-refractivity contribution in [3.63, 3.8) is 0 Å². The van der Waals surface area contributed by atoms with Crippen molar-refractivity contribution in [2.75, 3.05) is 0 Å². The Labute approximate surface area is 122 Å². The van der Waals surface area contributed by atoms with Gasteiger partial charge in [0, 0.05) is 5.56 Å². The molecule has 0 spiro atoms. The molecule has 3 aromatic rings. The average molecular weight is 309 g/mol. The maximum Gasteiger partial charge on any atom is 0.416 e. The van der Waals surface area contributed by atoms with Crippen LogP contribution in [0.15, 0.2) is 36.4 Å². The second-order valence-corrected chi connectivity index (χ2v) is 5.73. The standard InChI is InChI=1S/C15H10F3NOS/c1-8-6-9(2-4-12(8)20)14-19-11-7-10(15(16,17)18)3-5-13(11)21-14/h2-7,20H,1H3. The van der Waals surface area contributed by atoms with E-state index in [-0.39, 0.29) is 5.75 Å². The van der Waals surface area contributed by atoms with Crippen LogP contribution < -0.4 is 0 Å². The first-order chi connectivity index (χ1) is 9.84. The van der Waals surface area contributed by atoms with E-state index in [0.717, 1.165) is 17.7 Å². The van der Waals surface area contributed by atoms with Crippen molar-refractivity contribution in [1.82, 2.24) is 4.98 Å². The van der Waals surface area contributed by atoms with Crippen LogP contribution in [0.4, 0.5) is 13.2 Å². The molecular weight excluding hydrogens is 299 g/mol. The number of alkyl halides is 3. The average Bonchev–Trinajstić information content (AvgIpc) is 2.83. The zero-order valence-corrected chi connectivity index (χ0v) is 11.7. The van der Waals surface area contributed by atoms with E-state index in [0.29, 0.717) is 20.8 Å². The van der Waals surface area contributed by atoms with E-state index in [4.69, 9.17) is 0 Å². The first kappa shape index (κ1) is 13.9. The molecule has 0 bridgehead atoms. The topological polar surface area (TPSA) is 33.1 Å². The molecule has 21 heavy (non-hydrogen) atoms. The molecule has 1 N–H and O–H groups in total. The Morgan fingerprint density at radius 3 is 2.52 bits per heavy atom. The largest absolute Gasteiger partial charge is 0.508 e. The number of phenolic OH excluding ortho intramolecular Hbond substituents is 1. The number of nitrogens with zero attached hydrogens (tertiary/aromatic N) is 1. The zero-order valence-electron chi connectivity index (χ0n) is 10.9. The molecule has 1 heterocycles. The van der Waals surface area contributed by atoms with Gasteiger partial charge in [0.05, 0.1) is 15.8 Å². The molecule has 0 aliphatic carbocycles. The molecular formula is C15H10F3NOS. The lowest BCUT2D eigenvalue weighted by Gasteiger charge is -2.04. The van der Waals surface area contributed by atoms with E-state index >= 15 is 0 Å². The van der Waals surface area contributed by atoms with Crippen molar-refractivity contribution in [2.45, 2.75) is 13.1 Å². The highest BCUT2D eigenvalue weighted by atomic mass is 32.1. The Morgan fingerprint density at radius 1 is 1.10 bits per heavy atom. The SMILES string of the molecule is Cc1cc(-c2nc3cc(C(F)(F)F)ccc3s2)ccc1O. The molecule has 0 amide bonds. The summed E-state index contributed by atoms with van der Waals surface area (Å²) < 4.78 is 38.8. The van der Waals surface area contributed by atoms with Crippen LogP contribution in [-0.2, 0) is 6.18 Å². The number of halogens is 3. The molecule has 0 saturated carbocycles. The Bertz CT molecular complexity index is 823. The molecule has 0 aliphatic heterocycles. The third kappa shape index (κ3) is 2.58. The number of aromatic hydroxyl groups is 1. The number of aromatic nitrogens is 1. The van der Waals surface area contributed by atoms with Crippen LogP contribution >= 0.6 is 11.3 Å². The van der Waals surface area contributed by atoms with Crippen molar-refractivity contribution < 1.29 is 18.3 Å². The molecule has 1 aromatic heterocycles. The van der Waals surface area contributed by atoms with Crippen LogP contribution in [0.2, 0.25) is 0 Å². The Morgan fingerprint density at radius 2 is 1.86 bits per heavy atom. The molecule has 0 saturated heterocycles. The Balaban J connectivity index is 2.10. The fourth-order valence-corrected chi connectivity index (χ4v) is 2.96. The number of hydrogen-bond acceptors (Lipinski definition) is 3. The molecule has 2 nitrogen and oxygen atoms in total. The van der Waals surface area contributed by atoms with Crippen LogP contribution in [0.5, 0.6) is 5.75 Å².